The van der Waals surface area contributed by atoms with Crippen LogP contribution < -0.4 is 9.21 Å². The number of carbonyl (C=O) groups excluding carboxylic acids is 1. The predicted molar refractivity (Wildman–Crippen MR) is 109 cm³/mol. The largest absolute Gasteiger partial charge is 0.309 e. The zero-order chi connectivity index (χ0) is 19.5. The molecule has 0 radical (unpaired) electrons. The topological polar surface area (TPSA) is 57.7 Å². The van der Waals surface area contributed by atoms with E-state index in [1.807, 2.05) is 42.2 Å². The van der Waals surface area contributed by atoms with Gasteiger partial charge < -0.3 is 4.90 Å². The number of para-hydroxylation sites is 1. The first-order valence-electron chi connectivity index (χ1n) is 10.0. The van der Waals surface area contributed by atoms with Gasteiger partial charge >= 0.3 is 0 Å². The van der Waals surface area contributed by atoms with Crippen LogP contribution in [-0.2, 0) is 27.7 Å². The van der Waals surface area contributed by atoms with Gasteiger partial charge in [-0.3, -0.25) is 9.10 Å². The molecule has 2 aromatic rings. The zero-order valence-electron chi connectivity index (χ0n) is 16.0. The summed E-state index contributed by atoms with van der Waals surface area (Å²) in [5.74, 6) is 0.341. The van der Waals surface area contributed by atoms with E-state index in [9.17, 15) is 13.2 Å². The first-order valence-corrected chi connectivity index (χ1v) is 11.5. The number of nitrogens with zero attached hydrogens (tertiary/aromatic N) is 2. The number of fused-ring (bicyclic) bond motifs is 2. The molecule has 0 saturated heterocycles. The number of hydrogen-bond acceptors (Lipinski definition) is 3. The summed E-state index contributed by atoms with van der Waals surface area (Å²) >= 11 is 0. The average Bonchev–Trinajstić information content (AvgIpc) is 3.49. The molecular formula is C22H24N2O3S. The van der Waals surface area contributed by atoms with Crippen molar-refractivity contribution in [3.8, 4) is 0 Å². The summed E-state index contributed by atoms with van der Waals surface area (Å²) in [6.07, 6.45) is 4.37. The maximum absolute atomic E-state index is 13.4. The number of carbonyl (C=O) groups is 1. The molecule has 1 atom stereocenters. The van der Waals surface area contributed by atoms with E-state index in [1.165, 1.54) is 0 Å². The Hall–Kier alpha value is -2.34. The highest BCUT2D eigenvalue weighted by atomic mass is 32.2. The van der Waals surface area contributed by atoms with Crippen LogP contribution in [0.4, 0.5) is 11.4 Å². The van der Waals surface area contributed by atoms with Gasteiger partial charge in [0.1, 0.15) is 0 Å². The fourth-order valence-corrected chi connectivity index (χ4v) is 6.10. The van der Waals surface area contributed by atoms with E-state index >= 15 is 0 Å². The van der Waals surface area contributed by atoms with Crippen molar-refractivity contribution >= 4 is 27.3 Å². The van der Waals surface area contributed by atoms with Crippen molar-refractivity contribution < 1.29 is 13.2 Å². The molecule has 1 unspecified atom stereocenters. The Balaban J connectivity index is 1.51. The summed E-state index contributed by atoms with van der Waals surface area (Å²) in [4.78, 5) is 14.8. The zero-order valence-corrected chi connectivity index (χ0v) is 16.8. The molecule has 0 aromatic heterocycles. The molecule has 28 heavy (non-hydrogen) atoms. The molecule has 146 valence electrons. The minimum atomic E-state index is -3.63. The molecule has 2 aromatic carbocycles. The van der Waals surface area contributed by atoms with E-state index in [0.717, 1.165) is 48.2 Å². The quantitative estimate of drug-likeness (QED) is 0.798. The minimum Gasteiger partial charge on any atom is -0.309 e. The van der Waals surface area contributed by atoms with Crippen molar-refractivity contribution in [1.82, 2.24) is 0 Å². The molecule has 1 fully saturated rings. The van der Waals surface area contributed by atoms with E-state index < -0.39 is 10.0 Å². The third kappa shape index (κ3) is 2.73. The maximum atomic E-state index is 13.4. The van der Waals surface area contributed by atoms with E-state index in [0.29, 0.717) is 17.9 Å². The molecule has 5 nitrogen and oxygen atoms in total. The summed E-state index contributed by atoms with van der Waals surface area (Å²) in [5.41, 5.74) is 3.69. The predicted octanol–water partition coefficient (Wildman–Crippen LogP) is 3.52. The lowest BCUT2D eigenvalue weighted by atomic mass is 10.0. The smallest absolute Gasteiger partial charge is 0.264 e. The SMILES string of the molecule is CC1Cc2cc(S(=O)(=O)N3CCCc4ccccc43)ccc2N1C(=O)C1CC1. The monoisotopic (exact) mass is 396 g/mol. The lowest BCUT2D eigenvalue weighted by molar-refractivity contribution is -0.120. The highest BCUT2D eigenvalue weighted by Crippen LogP contribution is 2.40. The van der Waals surface area contributed by atoms with Crippen LogP contribution in [0.25, 0.3) is 0 Å². The van der Waals surface area contributed by atoms with Gasteiger partial charge in [-0.15, -0.1) is 0 Å². The third-order valence-corrected chi connectivity index (χ3v) is 7.90. The summed E-state index contributed by atoms with van der Waals surface area (Å²) in [6.45, 7) is 2.54. The molecule has 0 spiro atoms. The summed E-state index contributed by atoms with van der Waals surface area (Å²) in [6, 6.07) is 13.1. The molecule has 2 heterocycles. The first kappa shape index (κ1) is 17.7. The van der Waals surface area contributed by atoms with Crippen LogP contribution in [0.2, 0.25) is 0 Å². The van der Waals surface area contributed by atoms with Gasteiger partial charge in [0.15, 0.2) is 0 Å². The first-order chi connectivity index (χ1) is 13.5. The summed E-state index contributed by atoms with van der Waals surface area (Å²) in [7, 11) is -3.63. The number of aryl methyl sites for hydroxylation is 1. The number of amides is 1. The fourth-order valence-electron chi connectivity index (χ4n) is 4.51. The van der Waals surface area contributed by atoms with Crippen LogP contribution in [0.1, 0.15) is 37.3 Å². The van der Waals surface area contributed by atoms with Crippen molar-refractivity contribution in [1.29, 1.82) is 0 Å². The van der Waals surface area contributed by atoms with Crippen molar-refractivity contribution in [2.45, 2.75) is 50.0 Å². The molecule has 1 amide bonds. The molecule has 0 bridgehead atoms. The highest BCUT2D eigenvalue weighted by molar-refractivity contribution is 7.92. The maximum Gasteiger partial charge on any atom is 0.264 e. The van der Waals surface area contributed by atoms with Crippen molar-refractivity contribution in [2.75, 3.05) is 15.7 Å². The number of hydrogen-bond donors (Lipinski definition) is 0. The van der Waals surface area contributed by atoms with E-state index in [2.05, 4.69) is 0 Å². The second kappa shape index (κ2) is 6.34. The average molecular weight is 397 g/mol. The summed E-state index contributed by atoms with van der Waals surface area (Å²) < 4.78 is 28.4. The van der Waals surface area contributed by atoms with Gasteiger partial charge in [0.05, 0.1) is 10.6 Å². The normalized spacial score (nSPS) is 21.4. The van der Waals surface area contributed by atoms with Crippen LogP contribution in [0, 0.1) is 5.92 Å². The van der Waals surface area contributed by atoms with Gasteiger partial charge in [-0.05, 0) is 74.4 Å². The Kier molecular flexibility index (Phi) is 4.02. The third-order valence-electron chi connectivity index (χ3n) is 6.09. The van der Waals surface area contributed by atoms with Gasteiger partial charge in [-0.1, -0.05) is 18.2 Å². The van der Waals surface area contributed by atoms with Crippen LogP contribution in [0.3, 0.4) is 0 Å². The van der Waals surface area contributed by atoms with E-state index in [-0.39, 0.29) is 17.9 Å². The lowest BCUT2D eigenvalue weighted by Gasteiger charge is -2.30. The minimum absolute atomic E-state index is 0.0803. The Morgan fingerprint density at radius 3 is 2.61 bits per heavy atom. The van der Waals surface area contributed by atoms with Gasteiger partial charge in [-0.25, -0.2) is 8.42 Å². The molecular weight excluding hydrogens is 372 g/mol. The van der Waals surface area contributed by atoms with Crippen molar-refractivity contribution in [3.63, 3.8) is 0 Å². The highest BCUT2D eigenvalue weighted by Gasteiger charge is 2.40. The lowest BCUT2D eigenvalue weighted by Crippen LogP contribution is -2.36. The summed E-state index contributed by atoms with van der Waals surface area (Å²) in [5, 5.41) is 0. The van der Waals surface area contributed by atoms with Crippen molar-refractivity contribution in [3.05, 3.63) is 53.6 Å². The van der Waals surface area contributed by atoms with Gasteiger partial charge in [-0.2, -0.15) is 0 Å². The number of anilines is 2. The standard InChI is InChI=1S/C22H24N2O3S/c1-15-13-18-14-19(10-11-21(18)24(15)22(25)17-8-9-17)28(26,27)23-12-4-6-16-5-2-3-7-20(16)23/h2-3,5,7,10-11,14-15,17H,4,6,8-9,12-13H2,1H3. The van der Waals surface area contributed by atoms with Gasteiger partial charge in [0, 0.05) is 24.2 Å². The fraction of sp³-hybridized carbons (Fsp3) is 0.409. The van der Waals surface area contributed by atoms with E-state index in [4.69, 9.17) is 0 Å². The Labute approximate surface area is 166 Å². The molecule has 3 aliphatic rings. The molecule has 1 aliphatic carbocycles. The molecule has 0 N–H and O–H groups in total. The van der Waals surface area contributed by atoms with E-state index in [1.54, 1.807) is 16.4 Å². The molecule has 6 heteroatoms. The molecule has 5 rings (SSSR count). The van der Waals surface area contributed by atoms with Crippen molar-refractivity contribution in [2.24, 2.45) is 5.92 Å². The molecule has 1 saturated carbocycles. The second-order valence-electron chi connectivity index (χ2n) is 8.14. The van der Waals surface area contributed by atoms with Crippen LogP contribution in [-0.4, -0.2) is 26.9 Å². The second-order valence-corrected chi connectivity index (χ2v) is 10.00. The number of rotatable bonds is 3. The Bertz CT molecular complexity index is 1060. The van der Waals surface area contributed by atoms with Crippen LogP contribution in [0.5, 0.6) is 0 Å². The van der Waals surface area contributed by atoms with Crippen LogP contribution in [0.15, 0.2) is 47.4 Å². The molecule has 2 aliphatic heterocycles. The Morgan fingerprint density at radius 1 is 1.04 bits per heavy atom. The van der Waals surface area contributed by atoms with Crippen LogP contribution >= 0.6 is 0 Å². The Morgan fingerprint density at radius 2 is 1.82 bits per heavy atom. The van der Waals surface area contributed by atoms with Gasteiger partial charge in [0.25, 0.3) is 10.0 Å². The van der Waals surface area contributed by atoms with Gasteiger partial charge in [0.2, 0.25) is 5.91 Å². The number of sulfonamides is 1. The number of benzene rings is 2.